The van der Waals surface area contributed by atoms with E-state index in [-0.39, 0.29) is 12.0 Å². The van der Waals surface area contributed by atoms with Gasteiger partial charge in [-0.1, -0.05) is 72.8 Å². The molecule has 4 heteroatoms. The van der Waals surface area contributed by atoms with E-state index in [0.29, 0.717) is 13.2 Å². The zero-order valence-corrected chi connectivity index (χ0v) is 16.9. The molecule has 3 aromatic carbocycles. The Bertz CT molecular complexity index is 982. The van der Waals surface area contributed by atoms with Crippen molar-refractivity contribution in [3.63, 3.8) is 0 Å². The SMILES string of the molecule is O=C(NCCC=Cc1ccc(S)cc1)OCC1c2ccccc2-c2ccccc21. The van der Waals surface area contributed by atoms with Gasteiger partial charge in [0.05, 0.1) is 0 Å². The monoisotopic (exact) mass is 401 g/mol. The maximum absolute atomic E-state index is 12.1. The number of fused-ring (bicyclic) bond motifs is 3. The summed E-state index contributed by atoms with van der Waals surface area (Å²) in [6, 6.07) is 24.6. The molecule has 0 atom stereocenters. The van der Waals surface area contributed by atoms with Crippen LogP contribution in [0.1, 0.15) is 29.0 Å². The number of hydrogen-bond acceptors (Lipinski definition) is 3. The van der Waals surface area contributed by atoms with Crippen molar-refractivity contribution < 1.29 is 9.53 Å². The van der Waals surface area contributed by atoms with E-state index >= 15 is 0 Å². The molecule has 1 aliphatic carbocycles. The van der Waals surface area contributed by atoms with Crippen LogP contribution in [0.4, 0.5) is 4.79 Å². The third-order valence-electron chi connectivity index (χ3n) is 5.13. The first-order chi connectivity index (χ1) is 14.2. The largest absolute Gasteiger partial charge is 0.449 e. The molecular weight excluding hydrogens is 378 g/mol. The fourth-order valence-electron chi connectivity index (χ4n) is 3.71. The number of ether oxygens (including phenoxy) is 1. The van der Waals surface area contributed by atoms with Gasteiger partial charge in [0.1, 0.15) is 6.61 Å². The molecule has 1 N–H and O–H groups in total. The molecule has 0 aromatic heterocycles. The van der Waals surface area contributed by atoms with E-state index in [1.54, 1.807) is 0 Å². The van der Waals surface area contributed by atoms with Gasteiger partial charge < -0.3 is 10.1 Å². The first-order valence-electron chi connectivity index (χ1n) is 9.77. The van der Waals surface area contributed by atoms with Crippen LogP contribution in [0, 0.1) is 0 Å². The molecule has 4 rings (SSSR count). The quantitative estimate of drug-likeness (QED) is 0.398. The first kappa shape index (κ1) is 19.3. The lowest BCUT2D eigenvalue weighted by molar-refractivity contribution is 0.143. The summed E-state index contributed by atoms with van der Waals surface area (Å²) in [5.41, 5.74) is 6.01. The molecule has 0 saturated carbocycles. The Hall–Kier alpha value is -2.98. The van der Waals surface area contributed by atoms with Crippen LogP contribution in [0.3, 0.4) is 0 Å². The number of carbonyl (C=O) groups is 1. The van der Waals surface area contributed by atoms with Crippen molar-refractivity contribution in [1.29, 1.82) is 0 Å². The third-order valence-corrected chi connectivity index (χ3v) is 5.43. The maximum Gasteiger partial charge on any atom is 0.407 e. The Balaban J connectivity index is 1.27. The molecule has 1 amide bonds. The average molecular weight is 402 g/mol. The fourth-order valence-corrected chi connectivity index (χ4v) is 3.86. The van der Waals surface area contributed by atoms with Gasteiger partial charge in [0.15, 0.2) is 0 Å². The summed E-state index contributed by atoms with van der Waals surface area (Å²) in [4.78, 5) is 13.1. The van der Waals surface area contributed by atoms with Crippen LogP contribution in [0.15, 0.2) is 83.8 Å². The minimum absolute atomic E-state index is 0.0860. The van der Waals surface area contributed by atoms with Gasteiger partial charge in [0.2, 0.25) is 0 Å². The van der Waals surface area contributed by atoms with Gasteiger partial charge in [0, 0.05) is 17.4 Å². The number of rotatable bonds is 6. The molecule has 0 saturated heterocycles. The molecule has 3 aromatic rings. The maximum atomic E-state index is 12.1. The van der Waals surface area contributed by atoms with E-state index in [0.717, 1.165) is 16.9 Å². The summed E-state index contributed by atoms with van der Waals surface area (Å²) in [6.07, 6.45) is 4.44. The Morgan fingerprint density at radius 1 is 0.931 bits per heavy atom. The van der Waals surface area contributed by atoms with Crippen molar-refractivity contribution in [1.82, 2.24) is 5.32 Å². The Kier molecular flexibility index (Phi) is 6.01. The molecule has 0 unspecified atom stereocenters. The summed E-state index contributed by atoms with van der Waals surface area (Å²) in [6.45, 7) is 0.879. The molecule has 0 heterocycles. The van der Waals surface area contributed by atoms with Gasteiger partial charge in [-0.05, 0) is 46.4 Å². The zero-order chi connectivity index (χ0) is 20.1. The highest BCUT2D eigenvalue weighted by molar-refractivity contribution is 7.80. The molecule has 1 aliphatic rings. The molecule has 0 fully saturated rings. The Labute approximate surface area is 176 Å². The molecule has 3 nitrogen and oxygen atoms in total. The Morgan fingerprint density at radius 2 is 1.55 bits per heavy atom. The average Bonchev–Trinajstić information content (AvgIpc) is 3.07. The number of carbonyl (C=O) groups excluding carboxylic acids is 1. The lowest BCUT2D eigenvalue weighted by atomic mass is 9.98. The summed E-state index contributed by atoms with van der Waals surface area (Å²) in [5.74, 6) is 0.0860. The number of thiol groups is 1. The predicted octanol–water partition coefficient (Wildman–Crippen LogP) is 5.92. The second kappa shape index (κ2) is 9.01. The smallest absolute Gasteiger partial charge is 0.407 e. The predicted molar refractivity (Wildman–Crippen MR) is 120 cm³/mol. The number of nitrogens with one attached hydrogen (secondary N) is 1. The third kappa shape index (κ3) is 4.54. The highest BCUT2D eigenvalue weighted by Gasteiger charge is 2.28. The second-order valence-electron chi connectivity index (χ2n) is 7.03. The van der Waals surface area contributed by atoms with Gasteiger partial charge in [-0.3, -0.25) is 0 Å². The van der Waals surface area contributed by atoms with E-state index in [9.17, 15) is 4.79 Å². The molecule has 0 bridgehead atoms. The van der Waals surface area contributed by atoms with Gasteiger partial charge in [0.25, 0.3) is 0 Å². The van der Waals surface area contributed by atoms with Gasteiger partial charge in [-0.25, -0.2) is 4.79 Å². The van der Waals surface area contributed by atoms with Crippen molar-refractivity contribution >= 4 is 24.8 Å². The lowest BCUT2D eigenvalue weighted by Crippen LogP contribution is -2.26. The number of alkyl carbamates (subject to hydrolysis) is 1. The van der Waals surface area contributed by atoms with E-state index in [1.807, 2.05) is 60.7 Å². The van der Waals surface area contributed by atoms with E-state index in [1.165, 1.54) is 22.3 Å². The molecule has 0 radical (unpaired) electrons. The highest BCUT2D eigenvalue weighted by atomic mass is 32.1. The van der Waals surface area contributed by atoms with Crippen LogP contribution in [-0.2, 0) is 4.74 Å². The summed E-state index contributed by atoms with van der Waals surface area (Å²) >= 11 is 4.28. The normalized spacial score (nSPS) is 12.6. The van der Waals surface area contributed by atoms with Crippen molar-refractivity contribution in [2.75, 3.05) is 13.2 Å². The second-order valence-corrected chi connectivity index (χ2v) is 7.55. The van der Waals surface area contributed by atoms with Crippen molar-refractivity contribution in [2.24, 2.45) is 0 Å². The van der Waals surface area contributed by atoms with Gasteiger partial charge in [-0.2, -0.15) is 0 Å². The standard InChI is InChI=1S/C25H23NO2S/c27-25(26-16-6-5-7-18-12-14-19(29)15-13-18)28-17-24-22-10-3-1-8-20(22)21-9-2-4-11-23(21)24/h1-5,7-15,24,29H,6,16-17H2,(H,26,27). The molecule has 0 spiro atoms. The minimum atomic E-state index is -0.375. The zero-order valence-electron chi connectivity index (χ0n) is 16.0. The number of benzene rings is 3. The van der Waals surface area contributed by atoms with Crippen LogP contribution in [0.25, 0.3) is 17.2 Å². The van der Waals surface area contributed by atoms with Crippen molar-refractivity contribution in [3.8, 4) is 11.1 Å². The van der Waals surface area contributed by atoms with Gasteiger partial charge in [-0.15, -0.1) is 12.6 Å². The summed E-state index contributed by atoms with van der Waals surface area (Å²) in [7, 11) is 0. The van der Waals surface area contributed by atoms with Crippen LogP contribution >= 0.6 is 12.6 Å². The molecule has 0 aliphatic heterocycles. The summed E-state index contributed by atoms with van der Waals surface area (Å²) in [5, 5.41) is 2.83. The number of amides is 1. The van der Waals surface area contributed by atoms with Crippen LogP contribution < -0.4 is 5.32 Å². The topological polar surface area (TPSA) is 38.3 Å². The fraction of sp³-hybridized carbons (Fsp3) is 0.160. The van der Waals surface area contributed by atoms with E-state index in [2.05, 4.69) is 42.2 Å². The summed E-state index contributed by atoms with van der Waals surface area (Å²) < 4.78 is 5.54. The van der Waals surface area contributed by atoms with E-state index < -0.39 is 0 Å². The Morgan fingerprint density at radius 3 is 2.21 bits per heavy atom. The van der Waals surface area contributed by atoms with Crippen LogP contribution in [0.5, 0.6) is 0 Å². The van der Waals surface area contributed by atoms with Crippen LogP contribution in [0.2, 0.25) is 0 Å². The van der Waals surface area contributed by atoms with Crippen molar-refractivity contribution in [3.05, 3.63) is 95.6 Å². The number of hydrogen-bond donors (Lipinski definition) is 2. The highest BCUT2D eigenvalue weighted by Crippen LogP contribution is 2.44. The molecule has 29 heavy (non-hydrogen) atoms. The molecule has 146 valence electrons. The van der Waals surface area contributed by atoms with Crippen LogP contribution in [-0.4, -0.2) is 19.2 Å². The van der Waals surface area contributed by atoms with E-state index in [4.69, 9.17) is 4.74 Å². The van der Waals surface area contributed by atoms with Crippen molar-refractivity contribution in [2.45, 2.75) is 17.2 Å². The lowest BCUT2D eigenvalue weighted by Gasteiger charge is -2.14. The first-order valence-corrected chi connectivity index (χ1v) is 10.2. The minimum Gasteiger partial charge on any atom is -0.449 e. The molecular formula is C25H23NO2S. The van der Waals surface area contributed by atoms with Gasteiger partial charge >= 0.3 is 6.09 Å².